The molecule has 0 aromatic carbocycles. The van der Waals surface area contributed by atoms with Gasteiger partial charge in [0.1, 0.15) is 6.10 Å². The molecule has 6 heteroatoms. The van der Waals surface area contributed by atoms with Crippen LogP contribution in [0.4, 0.5) is 8.78 Å². The van der Waals surface area contributed by atoms with E-state index < -0.39 is 18.1 Å². The van der Waals surface area contributed by atoms with Gasteiger partial charge in [0.05, 0.1) is 39.1 Å². The van der Waals surface area contributed by atoms with Crippen LogP contribution in [0.25, 0.3) is 0 Å². The quantitative estimate of drug-likeness (QED) is 0.741. The Morgan fingerprint density at radius 1 is 1.12 bits per heavy atom. The molecule has 0 aromatic heterocycles. The van der Waals surface area contributed by atoms with Crippen molar-refractivity contribution in [3.63, 3.8) is 0 Å². The molecule has 2 aliphatic rings. The molecule has 2 saturated heterocycles. The van der Waals surface area contributed by atoms with Gasteiger partial charge in [0.15, 0.2) is 0 Å². The normalized spacial score (nSPS) is 30.2. The molecule has 2 unspecified atom stereocenters. The molecule has 2 rings (SSSR count). The van der Waals surface area contributed by atoms with Gasteiger partial charge < -0.3 is 14.2 Å². The van der Waals surface area contributed by atoms with E-state index in [0.29, 0.717) is 32.9 Å². The third-order valence-corrected chi connectivity index (χ3v) is 3.40. The molecule has 0 spiro atoms. The van der Waals surface area contributed by atoms with Crippen LogP contribution in [-0.4, -0.2) is 69.1 Å². The lowest BCUT2D eigenvalue weighted by Crippen LogP contribution is -2.57. The van der Waals surface area contributed by atoms with Gasteiger partial charge in [0.2, 0.25) is 0 Å². The average Bonchev–Trinajstić information content (AvgIpc) is 2.40. The molecule has 0 saturated carbocycles. The summed E-state index contributed by atoms with van der Waals surface area (Å²) < 4.78 is 43.7. The van der Waals surface area contributed by atoms with Crippen LogP contribution < -0.4 is 0 Å². The molecule has 0 bridgehead atoms. The van der Waals surface area contributed by atoms with Crippen LogP contribution in [0.5, 0.6) is 0 Å². The summed E-state index contributed by atoms with van der Waals surface area (Å²) in [5.74, 6) is -2.89. The topological polar surface area (TPSA) is 30.9 Å². The van der Waals surface area contributed by atoms with Crippen molar-refractivity contribution in [2.45, 2.75) is 25.0 Å². The highest BCUT2D eigenvalue weighted by Gasteiger charge is 2.49. The van der Waals surface area contributed by atoms with Crippen LogP contribution in [0.3, 0.4) is 0 Å². The Bertz CT molecular complexity index is 241. The van der Waals surface area contributed by atoms with E-state index in [-0.39, 0.29) is 13.2 Å². The zero-order chi connectivity index (χ0) is 12.3. The molecule has 2 heterocycles. The Balaban J connectivity index is 1.96. The second-order valence-electron chi connectivity index (χ2n) is 4.43. The fourth-order valence-electron chi connectivity index (χ4n) is 2.19. The van der Waals surface area contributed by atoms with Crippen molar-refractivity contribution in [2.75, 3.05) is 46.1 Å². The summed E-state index contributed by atoms with van der Waals surface area (Å²) >= 11 is 0. The molecular weight excluding hydrogens is 232 g/mol. The van der Waals surface area contributed by atoms with Crippen LogP contribution in [0.1, 0.15) is 6.92 Å². The zero-order valence-corrected chi connectivity index (χ0v) is 10.0. The summed E-state index contributed by atoms with van der Waals surface area (Å²) in [4.78, 5) is 1.75. The van der Waals surface area contributed by atoms with Gasteiger partial charge in [-0.25, -0.2) is 8.78 Å². The molecule has 100 valence electrons. The van der Waals surface area contributed by atoms with E-state index in [1.807, 2.05) is 0 Å². The molecule has 2 fully saturated rings. The van der Waals surface area contributed by atoms with Crippen molar-refractivity contribution in [3.8, 4) is 0 Å². The van der Waals surface area contributed by atoms with Crippen LogP contribution in [0.15, 0.2) is 0 Å². The maximum atomic E-state index is 14.2. The minimum Gasteiger partial charge on any atom is -0.379 e. The zero-order valence-electron chi connectivity index (χ0n) is 10.0. The smallest absolute Gasteiger partial charge is 0.290 e. The lowest BCUT2D eigenvalue weighted by Gasteiger charge is -2.40. The van der Waals surface area contributed by atoms with Gasteiger partial charge in [0, 0.05) is 13.1 Å². The van der Waals surface area contributed by atoms with E-state index >= 15 is 0 Å². The highest BCUT2D eigenvalue weighted by atomic mass is 19.3. The van der Waals surface area contributed by atoms with E-state index in [1.54, 1.807) is 11.8 Å². The van der Waals surface area contributed by atoms with Crippen molar-refractivity contribution in [2.24, 2.45) is 0 Å². The van der Waals surface area contributed by atoms with E-state index in [1.165, 1.54) is 0 Å². The first-order valence-electron chi connectivity index (χ1n) is 6.01. The molecule has 2 atom stereocenters. The summed E-state index contributed by atoms with van der Waals surface area (Å²) in [5, 5.41) is 0. The molecule has 0 radical (unpaired) electrons. The molecule has 4 nitrogen and oxygen atoms in total. The predicted octanol–water partition coefficient (Wildman–Crippen LogP) is 0.758. The van der Waals surface area contributed by atoms with Gasteiger partial charge in [-0.15, -0.1) is 0 Å². The molecule has 0 N–H and O–H groups in total. The first-order valence-corrected chi connectivity index (χ1v) is 6.01. The molecular formula is C11H19F2NO3. The van der Waals surface area contributed by atoms with Crippen molar-refractivity contribution in [1.29, 1.82) is 0 Å². The third-order valence-electron chi connectivity index (χ3n) is 3.40. The van der Waals surface area contributed by atoms with Crippen molar-refractivity contribution >= 4 is 0 Å². The van der Waals surface area contributed by atoms with Gasteiger partial charge in [-0.05, 0) is 6.92 Å². The Labute approximate surface area is 99.8 Å². The van der Waals surface area contributed by atoms with Gasteiger partial charge in [-0.1, -0.05) is 0 Å². The summed E-state index contributed by atoms with van der Waals surface area (Å²) in [5.41, 5.74) is 0. The van der Waals surface area contributed by atoms with E-state index in [0.717, 1.165) is 0 Å². The number of nitrogens with zero attached hydrogens (tertiary/aromatic N) is 1. The Hall–Kier alpha value is -0.300. The standard InChI is InChI=1S/C11H19F2NO3/c1-9(14-2-4-15-5-3-14)11(12,13)10-8-16-6-7-17-10/h9-10H,2-8H2,1H3. The molecule has 0 amide bonds. The maximum absolute atomic E-state index is 14.2. The fourth-order valence-corrected chi connectivity index (χ4v) is 2.19. The minimum absolute atomic E-state index is 0.0261. The SMILES string of the molecule is CC(N1CCOCC1)C(F)(F)C1COCCO1. The van der Waals surface area contributed by atoms with Crippen molar-refractivity contribution in [1.82, 2.24) is 4.90 Å². The highest BCUT2D eigenvalue weighted by Crippen LogP contribution is 2.30. The molecule has 0 aromatic rings. The van der Waals surface area contributed by atoms with Crippen molar-refractivity contribution in [3.05, 3.63) is 0 Å². The van der Waals surface area contributed by atoms with Gasteiger partial charge in [0.25, 0.3) is 5.92 Å². The molecule has 0 aliphatic carbocycles. The Kier molecular flexibility index (Phi) is 4.30. The predicted molar refractivity (Wildman–Crippen MR) is 57.4 cm³/mol. The van der Waals surface area contributed by atoms with Crippen LogP contribution in [-0.2, 0) is 14.2 Å². The maximum Gasteiger partial charge on any atom is 0.290 e. The van der Waals surface area contributed by atoms with Crippen LogP contribution >= 0.6 is 0 Å². The number of hydrogen-bond donors (Lipinski definition) is 0. The third kappa shape index (κ3) is 2.93. The van der Waals surface area contributed by atoms with Crippen LogP contribution in [0, 0.1) is 0 Å². The number of morpholine rings is 1. The second kappa shape index (κ2) is 5.56. The Morgan fingerprint density at radius 2 is 1.82 bits per heavy atom. The number of ether oxygens (including phenoxy) is 3. The monoisotopic (exact) mass is 251 g/mol. The van der Waals surface area contributed by atoms with Gasteiger partial charge >= 0.3 is 0 Å². The first-order chi connectivity index (χ1) is 8.12. The van der Waals surface area contributed by atoms with Gasteiger partial charge in [-0.3, -0.25) is 4.90 Å². The number of rotatable bonds is 3. The number of hydrogen-bond acceptors (Lipinski definition) is 4. The summed E-state index contributed by atoms with van der Waals surface area (Å²) in [6.45, 7) is 4.29. The highest BCUT2D eigenvalue weighted by molar-refractivity contribution is 4.90. The fraction of sp³-hybridized carbons (Fsp3) is 1.00. The van der Waals surface area contributed by atoms with Crippen molar-refractivity contribution < 1.29 is 23.0 Å². The summed E-state index contributed by atoms with van der Waals surface area (Å²) in [7, 11) is 0. The summed E-state index contributed by atoms with van der Waals surface area (Å²) in [6, 6.07) is -0.849. The number of halogens is 2. The average molecular weight is 251 g/mol. The van der Waals surface area contributed by atoms with E-state index in [4.69, 9.17) is 14.2 Å². The first kappa shape index (κ1) is 13.1. The Morgan fingerprint density at radius 3 is 2.41 bits per heavy atom. The molecule has 17 heavy (non-hydrogen) atoms. The van der Waals surface area contributed by atoms with E-state index in [9.17, 15) is 8.78 Å². The van der Waals surface area contributed by atoms with Gasteiger partial charge in [-0.2, -0.15) is 0 Å². The lowest BCUT2D eigenvalue weighted by molar-refractivity contribution is -0.220. The largest absolute Gasteiger partial charge is 0.379 e. The minimum atomic E-state index is -2.89. The summed E-state index contributed by atoms with van der Waals surface area (Å²) in [6.07, 6.45) is -1.13. The molecule has 2 aliphatic heterocycles. The lowest BCUT2D eigenvalue weighted by atomic mass is 10.0. The van der Waals surface area contributed by atoms with Crippen LogP contribution in [0.2, 0.25) is 0 Å². The number of alkyl halides is 2. The van der Waals surface area contributed by atoms with E-state index in [2.05, 4.69) is 0 Å². The second-order valence-corrected chi connectivity index (χ2v) is 4.43.